The summed E-state index contributed by atoms with van der Waals surface area (Å²) in [5, 5.41) is 3.27. The monoisotopic (exact) mass is 559 g/mol. The fourth-order valence-corrected chi connectivity index (χ4v) is 7.63. The van der Waals surface area contributed by atoms with Gasteiger partial charge >= 0.3 is 0 Å². The number of benzene rings is 2. The number of primary amides is 1. The molecule has 0 radical (unpaired) electrons. The lowest BCUT2D eigenvalue weighted by molar-refractivity contribution is -0.0000255. The van der Waals surface area contributed by atoms with E-state index in [2.05, 4.69) is 24.1 Å². The summed E-state index contributed by atoms with van der Waals surface area (Å²) in [6, 6.07) is 13.7. The van der Waals surface area contributed by atoms with Gasteiger partial charge in [-0.3, -0.25) is 18.8 Å². The molecule has 37 heavy (non-hydrogen) atoms. The highest BCUT2D eigenvalue weighted by Crippen LogP contribution is 2.38. The summed E-state index contributed by atoms with van der Waals surface area (Å²) in [4.78, 5) is 28.7. The molecule has 0 atom stereocenters. The zero-order valence-corrected chi connectivity index (χ0v) is 22.9. The molecule has 3 aromatic rings. The van der Waals surface area contributed by atoms with Gasteiger partial charge in [-0.1, -0.05) is 18.2 Å². The van der Waals surface area contributed by atoms with Crippen molar-refractivity contribution >= 4 is 43.9 Å². The summed E-state index contributed by atoms with van der Waals surface area (Å²) in [7, 11) is -3.75. The highest BCUT2D eigenvalue weighted by atomic mass is 35.5. The van der Waals surface area contributed by atoms with Crippen molar-refractivity contribution in [3.8, 4) is 0 Å². The van der Waals surface area contributed by atoms with E-state index in [1.807, 2.05) is 18.2 Å². The van der Waals surface area contributed by atoms with Gasteiger partial charge in [-0.2, -0.15) is 0 Å². The third-order valence-corrected chi connectivity index (χ3v) is 9.80. The number of rotatable bonds is 6. The van der Waals surface area contributed by atoms with E-state index in [0.717, 1.165) is 22.5 Å². The molecule has 0 unspecified atom stereocenters. The van der Waals surface area contributed by atoms with E-state index in [-0.39, 0.29) is 17.3 Å². The quantitative estimate of drug-likeness (QED) is 0.460. The summed E-state index contributed by atoms with van der Waals surface area (Å²) in [5.74, 6) is -0.986. The Hall–Kier alpha value is -2.92. The van der Waals surface area contributed by atoms with Gasteiger partial charge in [0.2, 0.25) is 0 Å². The van der Waals surface area contributed by atoms with Crippen LogP contribution in [0.15, 0.2) is 53.4 Å². The Morgan fingerprint density at radius 3 is 2.41 bits per heavy atom. The van der Waals surface area contributed by atoms with Gasteiger partial charge in [0.15, 0.2) is 0 Å². The maximum atomic E-state index is 13.2. The van der Waals surface area contributed by atoms with Crippen molar-refractivity contribution in [3.63, 3.8) is 0 Å². The van der Waals surface area contributed by atoms with E-state index in [0.29, 0.717) is 53.8 Å². The topological polar surface area (TPSA) is 113 Å². The van der Waals surface area contributed by atoms with E-state index < -0.39 is 21.8 Å². The summed E-state index contributed by atoms with van der Waals surface area (Å²) in [5.41, 5.74) is 8.95. The average molecular weight is 560 g/mol. The number of hydrogen-bond acceptors (Lipinski definition) is 6. The molecule has 0 saturated heterocycles. The molecule has 1 aromatic heterocycles. The lowest BCUT2D eigenvalue weighted by Gasteiger charge is -2.30. The molecule has 8 nitrogen and oxygen atoms in total. The predicted octanol–water partition coefficient (Wildman–Crippen LogP) is 0.621. The molecule has 2 amide bonds. The summed E-state index contributed by atoms with van der Waals surface area (Å²) in [6.45, 7) is 6.18. The van der Waals surface area contributed by atoms with Gasteiger partial charge in [0.25, 0.3) is 21.8 Å². The largest absolute Gasteiger partial charge is 1.00 e. The van der Waals surface area contributed by atoms with Crippen LogP contribution >= 0.6 is 11.3 Å². The average Bonchev–Trinajstić information content (AvgIpc) is 3.45. The number of fused-ring (bicyclic) bond motifs is 2. The minimum Gasteiger partial charge on any atom is -1.00 e. The number of halogens is 1. The minimum absolute atomic E-state index is 0. The molecular weight excluding hydrogens is 532 g/mol. The van der Waals surface area contributed by atoms with E-state index in [1.165, 1.54) is 39.9 Å². The number of sulfonamides is 1. The highest BCUT2D eigenvalue weighted by molar-refractivity contribution is 7.92. The van der Waals surface area contributed by atoms with Crippen LogP contribution in [0.3, 0.4) is 0 Å². The van der Waals surface area contributed by atoms with Crippen LogP contribution in [0.25, 0.3) is 0 Å². The van der Waals surface area contributed by atoms with Gasteiger partial charge in [0.1, 0.15) is 5.00 Å². The SMILES string of the molecule is CC(C)N1CCc2c(sc(NC(=O)c3ccc(S(=O)(=O)N4CCc5ccccc54)cc3)c2C(N)=O)C1.[Cl-]. The van der Waals surface area contributed by atoms with Crippen LogP contribution < -0.4 is 27.8 Å². The standard InChI is InChI=1S/C26H28N4O4S2.ClH/c1-16(2)29-13-12-20-22(15-29)35-26(23(20)24(27)31)28-25(32)18-7-9-19(10-8-18)36(33,34)30-14-11-17-5-3-4-6-21(17)30;/h3-10,16H,11-15H2,1-2H3,(H2,27,31)(H,28,32);1H/p-1. The van der Waals surface area contributed by atoms with E-state index >= 15 is 0 Å². The molecule has 0 saturated carbocycles. The van der Waals surface area contributed by atoms with Crippen LogP contribution in [0.1, 0.15) is 50.6 Å². The van der Waals surface area contributed by atoms with Crippen molar-refractivity contribution in [2.24, 2.45) is 5.73 Å². The lowest BCUT2D eigenvalue weighted by atomic mass is 10.0. The second kappa shape index (κ2) is 10.4. The number of amides is 2. The molecule has 3 heterocycles. The van der Waals surface area contributed by atoms with Gasteiger partial charge < -0.3 is 23.5 Å². The summed E-state index contributed by atoms with van der Waals surface area (Å²) in [6.07, 6.45) is 1.36. The first-order valence-corrected chi connectivity index (χ1v) is 14.1. The Kier molecular flexibility index (Phi) is 7.66. The van der Waals surface area contributed by atoms with Crippen molar-refractivity contribution in [3.05, 3.63) is 75.7 Å². The molecule has 0 spiro atoms. The van der Waals surface area contributed by atoms with Gasteiger partial charge in [-0.05, 0) is 68.1 Å². The first kappa shape index (κ1) is 27.1. The van der Waals surface area contributed by atoms with Gasteiger partial charge in [-0.25, -0.2) is 8.42 Å². The number of para-hydroxylation sites is 1. The maximum absolute atomic E-state index is 13.2. The Labute approximate surface area is 226 Å². The number of carbonyl (C=O) groups excluding carboxylic acids is 2. The highest BCUT2D eigenvalue weighted by Gasteiger charge is 2.31. The Balaban J connectivity index is 0.00000320. The number of thiophene rings is 1. The number of carbonyl (C=O) groups is 2. The molecule has 2 aliphatic rings. The van der Waals surface area contributed by atoms with Crippen molar-refractivity contribution in [2.75, 3.05) is 22.7 Å². The normalized spacial score (nSPS) is 15.2. The van der Waals surface area contributed by atoms with Crippen LogP contribution in [-0.2, 0) is 29.4 Å². The zero-order valence-electron chi connectivity index (χ0n) is 20.5. The number of nitrogens with two attached hydrogens (primary N) is 1. The van der Waals surface area contributed by atoms with Gasteiger partial charge in [0, 0.05) is 36.1 Å². The first-order valence-electron chi connectivity index (χ1n) is 11.9. The zero-order chi connectivity index (χ0) is 25.6. The van der Waals surface area contributed by atoms with E-state index in [9.17, 15) is 18.0 Å². The second-order valence-electron chi connectivity index (χ2n) is 9.32. The molecule has 0 fully saturated rings. The Morgan fingerprint density at radius 1 is 1.03 bits per heavy atom. The number of anilines is 2. The Morgan fingerprint density at radius 2 is 1.73 bits per heavy atom. The number of nitrogens with one attached hydrogen (secondary N) is 1. The van der Waals surface area contributed by atoms with Crippen LogP contribution in [0.2, 0.25) is 0 Å². The molecule has 3 N–H and O–H groups in total. The molecule has 0 aliphatic carbocycles. The first-order chi connectivity index (χ1) is 17.2. The third-order valence-electron chi connectivity index (χ3n) is 6.84. The smallest absolute Gasteiger partial charge is 0.264 e. The second-order valence-corrected chi connectivity index (χ2v) is 12.3. The molecule has 5 rings (SSSR count). The maximum Gasteiger partial charge on any atom is 0.264 e. The van der Waals surface area contributed by atoms with E-state index in [4.69, 9.17) is 5.73 Å². The molecular formula is C26H28ClN4O4S2-. The number of hydrogen-bond donors (Lipinski definition) is 2. The van der Waals surface area contributed by atoms with Crippen LogP contribution in [0.5, 0.6) is 0 Å². The molecule has 11 heteroatoms. The van der Waals surface area contributed by atoms with Crippen molar-refractivity contribution < 1.29 is 30.4 Å². The van der Waals surface area contributed by atoms with Crippen LogP contribution in [0, 0.1) is 0 Å². The van der Waals surface area contributed by atoms with Crippen molar-refractivity contribution in [2.45, 2.75) is 44.2 Å². The molecule has 2 aliphatic heterocycles. The fraction of sp³-hybridized carbons (Fsp3) is 0.308. The number of nitrogens with zero attached hydrogens (tertiary/aromatic N) is 2. The Bertz CT molecular complexity index is 1450. The fourth-order valence-electron chi connectivity index (χ4n) is 4.85. The van der Waals surface area contributed by atoms with Crippen LogP contribution in [-0.4, -0.2) is 44.3 Å². The molecule has 0 bridgehead atoms. The summed E-state index contributed by atoms with van der Waals surface area (Å²) >= 11 is 1.38. The van der Waals surface area contributed by atoms with Crippen LogP contribution in [0.4, 0.5) is 10.7 Å². The summed E-state index contributed by atoms with van der Waals surface area (Å²) < 4.78 is 27.9. The van der Waals surface area contributed by atoms with Crippen molar-refractivity contribution in [1.82, 2.24) is 4.90 Å². The molecule has 196 valence electrons. The lowest BCUT2D eigenvalue weighted by Crippen LogP contribution is -3.00. The van der Waals surface area contributed by atoms with Crippen molar-refractivity contribution in [1.29, 1.82) is 0 Å². The van der Waals surface area contributed by atoms with E-state index in [1.54, 1.807) is 6.07 Å². The minimum atomic E-state index is -3.75. The van der Waals surface area contributed by atoms with Gasteiger partial charge in [-0.15, -0.1) is 11.3 Å². The predicted molar refractivity (Wildman–Crippen MR) is 141 cm³/mol. The van der Waals surface area contributed by atoms with Gasteiger partial charge in [0.05, 0.1) is 16.1 Å². The third kappa shape index (κ3) is 4.98. The molecule has 2 aromatic carbocycles.